The van der Waals surface area contributed by atoms with Crippen LogP contribution < -0.4 is 4.90 Å². The average molecular weight is 553 g/mol. The Morgan fingerprint density at radius 3 is 2.50 bits per heavy atom. The Labute approximate surface area is 226 Å². The van der Waals surface area contributed by atoms with Crippen LogP contribution in [0.15, 0.2) is 42.6 Å². The summed E-state index contributed by atoms with van der Waals surface area (Å²) < 4.78 is 41.0. The zero-order chi connectivity index (χ0) is 27.0. The molecule has 1 aliphatic rings. The van der Waals surface area contributed by atoms with Gasteiger partial charge in [-0.15, -0.1) is 0 Å². The molecular formula is C27H29FN6O2S2. The fourth-order valence-corrected chi connectivity index (χ4v) is 6.90. The summed E-state index contributed by atoms with van der Waals surface area (Å²) in [7, 11) is -1.23. The molecule has 38 heavy (non-hydrogen) atoms. The number of benzene rings is 1. The van der Waals surface area contributed by atoms with E-state index in [1.807, 2.05) is 18.0 Å². The van der Waals surface area contributed by atoms with E-state index in [0.717, 1.165) is 57.6 Å². The normalized spacial score (nSPS) is 15.1. The van der Waals surface area contributed by atoms with E-state index in [4.69, 9.17) is 9.97 Å². The van der Waals surface area contributed by atoms with Crippen molar-refractivity contribution in [3.8, 4) is 17.3 Å². The molecule has 1 fully saturated rings. The van der Waals surface area contributed by atoms with Gasteiger partial charge in [-0.3, -0.25) is 4.40 Å². The van der Waals surface area contributed by atoms with Crippen LogP contribution in [0.25, 0.3) is 16.9 Å². The lowest BCUT2D eigenvalue weighted by atomic mass is 9.91. The van der Waals surface area contributed by atoms with Gasteiger partial charge in [-0.25, -0.2) is 27.1 Å². The molecule has 4 heterocycles. The van der Waals surface area contributed by atoms with Crippen LogP contribution in [0, 0.1) is 17.1 Å². The second kappa shape index (κ2) is 10.4. The van der Waals surface area contributed by atoms with Gasteiger partial charge in [0.25, 0.3) is 0 Å². The fraction of sp³-hybridized carbons (Fsp3) is 0.370. The second-order valence-electron chi connectivity index (χ2n) is 9.53. The van der Waals surface area contributed by atoms with Gasteiger partial charge in [0.15, 0.2) is 5.13 Å². The fourth-order valence-electron chi connectivity index (χ4n) is 5.05. The molecule has 0 atom stereocenters. The number of piperidine rings is 1. The van der Waals surface area contributed by atoms with E-state index in [1.54, 1.807) is 16.4 Å². The zero-order valence-electron chi connectivity index (χ0n) is 21.6. The molecule has 0 unspecified atom stereocenters. The topological polar surface area (TPSA) is 94.6 Å². The number of thiazole rings is 1. The molecule has 1 aliphatic heterocycles. The molecule has 0 saturated carbocycles. The molecule has 3 aromatic heterocycles. The van der Waals surface area contributed by atoms with Gasteiger partial charge < -0.3 is 4.90 Å². The average Bonchev–Trinajstić information content (AvgIpc) is 3.49. The maximum Gasteiger partial charge on any atom is 0.211 e. The first kappa shape index (κ1) is 26.3. The van der Waals surface area contributed by atoms with Crippen molar-refractivity contribution in [1.82, 2.24) is 18.7 Å². The van der Waals surface area contributed by atoms with E-state index in [-0.39, 0.29) is 18.2 Å². The van der Waals surface area contributed by atoms with Gasteiger partial charge in [0.05, 0.1) is 30.1 Å². The highest BCUT2D eigenvalue weighted by molar-refractivity contribution is 7.88. The smallest absolute Gasteiger partial charge is 0.211 e. The molecule has 4 aromatic rings. The van der Waals surface area contributed by atoms with Gasteiger partial charge in [-0.1, -0.05) is 24.3 Å². The minimum atomic E-state index is -3.18. The summed E-state index contributed by atoms with van der Waals surface area (Å²) in [5.74, 6) is 0.843. The Balaban J connectivity index is 1.52. The van der Waals surface area contributed by atoms with Gasteiger partial charge in [-0.2, -0.15) is 5.26 Å². The number of hydrogen-bond acceptors (Lipinski definition) is 7. The number of rotatable bonds is 7. The Morgan fingerprint density at radius 2 is 1.87 bits per heavy atom. The molecule has 0 bridgehead atoms. The molecule has 1 aromatic carbocycles. The molecule has 198 valence electrons. The number of imidazole rings is 1. The molecule has 1 saturated heterocycles. The number of nitrogens with zero attached hydrogens (tertiary/aromatic N) is 6. The SMILES string of the molecule is CCc1nc2ccc(C3CCN(S(C)(=O)=O)CC3)cn2c1N(C)c1nc(-c2ccc(F)cc2)c(CC#N)s1. The second-order valence-corrected chi connectivity index (χ2v) is 12.6. The lowest BCUT2D eigenvalue weighted by Crippen LogP contribution is -2.37. The van der Waals surface area contributed by atoms with Crippen molar-refractivity contribution in [1.29, 1.82) is 5.26 Å². The van der Waals surface area contributed by atoms with Crippen molar-refractivity contribution >= 4 is 38.0 Å². The van der Waals surface area contributed by atoms with Crippen molar-refractivity contribution in [2.24, 2.45) is 0 Å². The summed E-state index contributed by atoms with van der Waals surface area (Å²) in [5.41, 5.74) is 4.36. The van der Waals surface area contributed by atoms with Crippen LogP contribution >= 0.6 is 11.3 Å². The van der Waals surface area contributed by atoms with Crippen molar-refractivity contribution in [3.05, 3.63) is 64.5 Å². The maximum absolute atomic E-state index is 13.5. The number of aromatic nitrogens is 3. The highest BCUT2D eigenvalue weighted by atomic mass is 32.2. The monoisotopic (exact) mass is 552 g/mol. The molecule has 0 spiro atoms. The van der Waals surface area contributed by atoms with Gasteiger partial charge >= 0.3 is 0 Å². The zero-order valence-corrected chi connectivity index (χ0v) is 23.2. The Hall–Kier alpha value is -3.33. The van der Waals surface area contributed by atoms with Crippen LogP contribution in [0.5, 0.6) is 0 Å². The van der Waals surface area contributed by atoms with E-state index in [0.29, 0.717) is 18.8 Å². The van der Waals surface area contributed by atoms with Crippen LogP contribution in [0.3, 0.4) is 0 Å². The van der Waals surface area contributed by atoms with E-state index in [2.05, 4.69) is 29.7 Å². The number of pyridine rings is 1. The number of aryl methyl sites for hydroxylation is 1. The van der Waals surface area contributed by atoms with Crippen molar-refractivity contribution in [3.63, 3.8) is 0 Å². The summed E-state index contributed by atoms with van der Waals surface area (Å²) in [6, 6.07) is 12.5. The van der Waals surface area contributed by atoms with Crippen LogP contribution in [-0.4, -0.2) is 53.5 Å². The van der Waals surface area contributed by atoms with Crippen LogP contribution in [0.1, 0.15) is 41.8 Å². The first-order valence-corrected chi connectivity index (χ1v) is 15.2. The molecule has 0 N–H and O–H groups in total. The van der Waals surface area contributed by atoms with Crippen molar-refractivity contribution in [2.45, 2.75) is 38.5 Å². The third-order valence-corrected chi connectivity index (χ3v) is 9.50. The molecule has 5 rings (SSSR count). The predicted molar refractivity (Wildman–Crippen MR) is 148 cm³/mol. The van der Waals surface area contributed by atoms with Gasteiger partial charge in [0.1, 0.15) is 17.3 Å². The van der Waals surface area contributed by atoms with Crippen molar-refractivity contribution < 1.29 is 12.8 Å². The van der Waals surface area contributed by atoms with E-state index in [1.165, 1.54) is 29.7 Å². The first-order valence-electron chi connectivity index (χ1n) is 12.5. The first-order chi connectivity index (χ1) is 18.2. The summed E-state index contributed by atoms with van der Waals surface area (Å²) in [5, 5.41) is 10.1. The van der Waals surface area contributed by atoms with Gasteiger partial charge in [0.2, 0.25) is 10.0 Å². The lowest BCUT2D eigenvalue weighted by molar-refractivity contribution is 0.321. The third kappa shape index (κ3) is 5.04. The number of nitriles is 1. The Morgan fingerprint density at radius 1 is 1.16 bits per heavy atom. The molecule has 0 aliphatic carbocycles. The summed E-state index contributed by atoms with van der Waals surface area (Å²) >= 11 is 1.45. The number of halogens is 1. The molecule has 0 radical (unpaired) electrons. The van der Waals surface area contributed by atoms with Crippen molar-refractivity contribution in [2.75, 3.05) is 31.3 Å². The Kier molecular flexibility index (Phi) is 7.22. The summed E-state index contributed by atoms with van der Waals surface area (Å²) in [6.45, 7) is 3.10. The van der Waals surface area contributed by atoms with Gasteiger partial charge in [0, 0.05) is 36.8 Å². The van der Waals surface area contributed by atoms with Crippen LogP contribution in [0.2, 0.25) is 0 Å². The van der Waals surface area contributed by atoms with Crippen LogP contribution in [-0.2, 0) is 22.9 Å². The maximum atomic E-state index is 13.5. The number of fused-ring (bicyclic) bond motifs is 1. The Bertz CT molecular complexity index is 1610. The third-order valence-electron chi connectivity index (χ3n) is 7.06. The van der Waals surface area contributed by atoms with E-state index < -0.39 is 10.0 Å². The highest BCUT2D eigenvalue weighted by Gasteiger charge is 2.27. The summed E-state index contributed by atoms with van der Waals surface area (Å²) in [4.78, 5) is 12.6. The summed E-state index contributed by atoms with van der Waals surface area (Å²) in [6.07, 6.45) is 5.85. The quantitative estimate of drug-likeness (QED) is 0.315. The largest absolute Gasteiger partial charge is 0.305 e. The highest BCUT2D eigenvalue weighted by Crippen LogP contribution is 2.38. The minimum absolute atomic E-state index is 0.211. The number of hydrogen-bond donors (Lipinski definition) is 0. The van der Waals surface area contributed by atoms with Crippen LogP contribution in [0.4, 0.5) is 15.3 Å². The van der Waals surface area contributed by atoms with E-state index in [9.17, 15) is 18.1 Å². The number of sulfonamides is 1. The lowest BCUT2D eigenvalue weighted by Gasteiger charge is -2.30. The van der Waals surface area contributed by atoms with Gasteiger partial charge in [-0.05, 0) is 61.1 Å². The molecule has 11 heteroatoms. The molecular weight excluding hydrogens is 523 g/mol. The minimum Gasteiger partial charge on any atom is -0.305 e. The standard InChI is InChI=1S/C27H29FN6O2S2/c1-4-22-26(32(2)27-31-25(23(37-27)11-14-29)19-5-8-21(28)9-6-19)34-17-20(7-10-24(34)30-22)18-12-15-33(16-13-18)38(3,35)36/h5-10,17-18H,4,11-13,15-16H2,1-3H3. The van der Waals surface area contributed by atoms with E-state index >= 15 is 0 Å². The predicted octanol–water partition coefficient (Wildman–Crippen LogP) is 5.13. The molecule has 0 amide bonds. The molecule has 8 nitrogen and oxygen atoms in total. The number of anilines is 2.